The quantitative estimate of drug-likeness (QED) is 0.230. The highest BCUT2D eigenvalue weighted by Gasteiger charge is 2.37. The van der Waals surface area contributed by atoms with Gasteiger partial charge in [0, 0.05) is 36.0 Å². The van der Waals surface area contributed by atoms with Crippen molar-refractivity contribution in [3.05, 3.63) is 58.1 Å². The van der Waals surface area contributed by atoms with Crippen LogP contribution in [0.25, 0.3) is 0 Å². The van der Waals surface area contributed by atoms with Crippen LogP contribution in [-0.4, -0.2) is 54.6 Å². The molecule has 3 aliphatic rings. The number of fused-ring (bicyclic) bond motifs is 1. The molecular formula is C37H55ClN2O5S. The van der Waals surface area contributed by atoms with Gasteiger partial charge in [-0.3, -0.25) is 9.52 Å². The van der Waals surface area contributed by atoms with E-state index in [2.05, 4.69) is 42.5 Å². The molecule has 1 aliphatic carbocycles. The molecule has 7 nitrogen and oxygen atoms in total. The van der Waals surface area contributed by atoms with Gasteiger partial charge in [0.2, 0.25) is 0 Å². The monoisotopic (exact) mass is 674 g/mol. The molecule has 0 bridgehead atoms. The Balaban J connectivity index is 0.00000235. The first-order valence-electron chi connectivity index (χ1n) is 17.5. The summed E-state index contributed by atoms with van der Waals surface area (Å²) in [4.78, 5) is 15.8. The highest BCUT2D eigenvalue weighted by atomic mass is 35.5. The zero-order valence-corrected chi connectivity index (χ0v) is 30.3. The molecule has 9 heteroatoms. The number of hydrogen-bond donors (Lipinski definition) is 1. The van der Waals surface area contributed by atoms with E-state index in [0.717, 1.165) is 68.1 Å². The molecule has 2 aromatic carbocycles. The molecule has 0 aromatic heterocycles. The van der Waals surface area contributed by atoms with Gasteiger partial charge in [-0.25, -0.2) is 4.21 Å². The van der Waals surface area contributed by atoms with Crippen LogP contribution in [0.1, 0.15) is 107 Å². The van der Waals surface area contributed by atoms with Gasteiger partial charge in [0.05, 0.1) is 30.8 Å². The highest BCUT2D eigenvalue weighted by molar-refractivity contribution is 7.84. The molecule has 6 atom stereocenters. The molecular weight excluding hydrogens is 620 g/mol. The van der Waals surface area contributed by atoms with E-state index < -0.39 is 11.0 Å². The van der Waals surface area contributed by atoms with Crippen molar-refractivity contribution in [1.29, 1.82) is 0 Å². The molecule has 2 aromatic rings. The molecule has 1 saturated heterocycles. The first-order valence-corrected chi connectivity index (χ1v) is 19.1. The maximum absolute atomic E-state index is 13.4. The Morgan fingerprint density at radius 3 is 2.46 bits per heavy atom. The summed E-state index contributed by atoms with van der Waals surface area (Å²) in [6.07, 6.45) is 7.16. The molecule has 1 amide bonds. The largest absolute Gasteiger partial charge is 0.491 e. The van der Waals surface area contributed by atoms with Crippen LogP contribution in [0.5, 0.6) is 5.75 Å². The number of carbonyl (C=O) groups excluding carboxylic acids is 1. The van der Waals surface area contributed by atoms with Crippen LogP contribution in [0.4, 0.5) is 5.69 Å². The maximum atomic E-state index is 13.4. The number of nitrogens with zero attached hydrogens (tertiary/aromatic N) is 1. The van der Waals surface area contributed by atoms with Gasteiger partial charge in [0.25, 0.3) is 5.91 Å². The van der Waals surface area contributed by atoms with Gasteiger partial charge >= 0.3 is 0 Å². The van der Waals surface area contributed by atoms with Crippen molar-refractivity contribution in [2.75, 3.05) is 37.8 Å². The number of halogens is 1. The first kappa shape index (κ1) is 36.7. The fourth-order valence-electron chi connectivity index (χ4n) is 6.86. The van der Waals surface area contributed by atoms with Crippen LogP contribution in [-0.2, 0) is 26.9 Å². The van der Waals surface area contributed by atoms with Crippen molar-refractivity contribution in [2.45, 2.75) is 104 Å². The third-order valence-corrected chi connectivity index (χ3v) is 11.6. The lowest BCUT2D eigenvalue weighted by Gasteiger charge is -2.41. The fraction of sp³-hybridized carbons (Fsp3) is 0.649. The number of carbonyl (C=O) groups is 1. The van der Waals surface area contributed by atoms with Crippen LogP contribution < -0.4 is 14.4 Å². The van der Waals surface area contributed by atoms with Gasteiger partial charge < -0.3 is 19.1 Å². The SMILES string of the molecule is CC.CCCc1cc(Cl)ccc1C1COc2ccc(C(=O)NS(=O)C(C)C(C)CCC)cc2N(CC2CCC2CC2OCCO2)C1. The van der Waals surface area contributed by atoms with Gasteiger partial charge in [-0.15, -0.1) is 0 Å². The van der Waals surface area contributed by atoms with E-state index in [1.807, 2.05) is 39.0 Å². The smallest absolute Gasteiger partial charge is 0.263 e. The van der Waals surface area contributed by atoms with E-state index in [0.29, 0.717) is 37.2 Å². The Hall–Kier alpha value is -2.13. The van der Waals surface area contributed by atoms with Crippen LogP contribution in [0.3, 0.4) is 0 Å². The zero-order valence-electron chi connectivity index (χ0n) is 28.7. The Morgan fingerprint density at radius 2 is 1.78 bits per heavy atom. The summed E-state index contributed by atoms with van der Waals surface area (Å²) in [5, 5.41) is 0.632. The number of anilines is 1. The molecule has 46 heavy (non-hydrogen) atoms. The molecule has 2 fully saturated rings. The third-order valence-electron chi connectivity index (χ3n) is 9.80. The van der Waals surface area contributed by atoms with Crippen molar-refractivity contribution in [3.8, 4) is 5.75 Å². The summed E-state index contributed by atoms with van der Waals surface area (Å²) in [6.45, 7) is 15.9. The maximum Gasteiger partial charge on any atom is 0.263 e. The summed E-state index contributed by atoms with van der Waals surface area (Å²) in [7, 11) is -1.47. The third kappa shape index (κ3) is 9.27. The van der Waals surface area contributed by atoms with E-state index in [1.54, 1.807) is 6.07 Å². The van der Waals surface area contributed by atoms with Crippen molar-refractivity contribution in [3.63, 3.8) is 0 Å². The Kier molecular flexibility index (Phi) is 14.2. The normalized spacial score (nSPS) is 23.1. The lowest BCUT2D eigenvalue weighted by Crippen LogP contribution is -2.41. The molecule has 2 aliphatic heterocycles. The molecule has 1 N–H and O–H groups in total. The van der Waals surface area contributed by atoms with E-state index in [1.165, 1.54) is 17.5 Å². The van der Waals surface area contributed by atoms with E-state index in [4.69, 9.17) is 25.8 Å². The highest BCUT2D eigenvalue weighted by Crippen LogP contribution is 2.43. The second-order valence-electron chi connectivity index (χ2n) is 12.9. The lowest BCUT2D eigenvalue weighted by atomic mass is 9.71. The average Bonchev–Trinajstić information content (AvgIpc) is 3.51. The molecule has 1 saturated carbocycles. The lowest BCUT2D eigenvalue weighted by molar-refractivity contribution is -0.0722. The van der Waals surface area contributed by atoms with Crippen LogP contribution in [0.2, 0.25) is 5.02 Å². The molecule has 2 heterocycles. The van der Waals surface area contributed by atoms with Gasteiger partial charge in [-0.2, -0.15) is 0 Å². The summed E-state index contributed by atoms with van der Waals surface area (Å²) in [5.41, 5.74) is 3.96. The van der Waals surface area contributed by atoms with Crippen LogP contribution in [0, 0.1) is 17.8 Å². The predicted molar refractivity (Wildman–Crippen MR) is 189 cm³/mol. The minimum atomic E-state index is -1.47. The minimum Gasteiger partial charge on any atom is -0.491 e. The number of ether oxygens (including phenoxy) is 3. The molecule has 256 valence electrons. The second-order valence-corrected chi connectivity index (χ2v) is 14.9. The van der Waals surface area contributed by atoms with E-state index in [-0.39, 0.29) is 29.3 Å². The number of nitrogens with one attached hydrogen (secondary N) is 1. The number of aryl methyl sites for hydroxylation is 1. The first-order chi connectivity index (χ1) is 22.3. The molecule has 5 rings (SSSR count). The Bertz CT molecular complexity index is 1300. The summed E-state index contributed by atoms with van der Waals surface area (Å²) < 4.78 is 33.9. The van der Waals surface area contributed by atoms with Crippen molar-refractivity contribution >= 4 is 34.2 Å². The van der Waals surface area contributed by atoms with Gasteiger partial charge in [-0.1, -0.05) is 65.1 Å². The van der Waals surface area contributed by atoms with Gasteiger partial charge in [0.1, 0.15) is 16.7 Å². The fourth-order valence-corrected chi connectivity index (χ4v) is 8.10. The van der Waals surface area contributed by atoms with Gasteiger partial charge in [0.15, 0.2) is 6.29 Å². The summed E-state index contributed by atoms with van der Waals surface area (Å²) in [5.74, 6) is 1.90. The van der Waals surface area contributed by atoms with Crippen molar-refractivity contribution in [2.24, 2.45) is 17.8 Å². The van der Waals surface area contributed by atoms with Crippen molar-refractivity contribution in [1.82, 2.24) is 4.72 Å². The van der Waals surface area contributed by atoms with E-state index in [9.17, 15) is 9.00 Å². The topological polar surface area (TPSA) is 77.1 Å². The summed E-state index contributed by atoms with van der Waals surface area (Å²) >= 11 is 6.42. The van der Waals surface area contributed by atoms with Crippen LogP contribution >= 0.6 is 11.6 Å². The molecule has 0 radical (unpaired) electrons. The number of hydrogen-bond acceptors (Lipinski definition) is 6. The predicted octanol–water partition coefficient (Wildman–Crippen LogP) is 8.31. The minimum absolute atomic E-state index is 0.0976. The number of rotatable bonds is 13. The Labute approximate surface area is 284 Å². The zero-order chi connectivity index (χ0) is 33.2. The molecule has 6 unspecified atom stereocenters. The molecule has 0 spiro atoms. The number of amides is 1. The van der Waals surface area contributed by atoms with Crippen molar-refractivity contribution < 1.29 is 23.2 Å². The standard InChI is InChI=1S/C35H49ClN2O5S.C2H6/c1-5-7-23(3)24(4)44(40)37-35(39)27-11-14-33-32(18-27)38(20-28-10-9-25(28)19-34-41-15-16-42-34)21-29(22-43-33)31-13-12-30(36)17-26(31)8-6-2;1-2/h11-14,17-18,23-25,28-29,34H,5-10,15-16,19-22H2,1-4H3,(H,37,39);1-2H3. The van der Waals surface area contributed by atoms with E-state index >= 15 is 0 Å². The Morgan fingerprint density at radius 1 is 1.04 bits per heavy atom. The van der Waals surface area contributed by atoms with Gasteiger partial charge in [-0.05, 0) is 91.8 Å². The summed E-state index contributed by atoms with van der Waals surface area (Å²) in [6, 6.07) is 11.8. The van der Waals surface area contributed by atoms with Crippen LogP contribution in [0.15, 0.2) is 36.4 Å². The number of benzene rings is 2. The average molecular weight is 675 g/mol. The second kappa shape index (κ2) is 17.9.